The monoisotopic (exact) mass is 434 g/mol. The molecule has 32 heavy (non-hydrogen) atoms. The fourth-order valence-electron chi connectivity index (χ4n) is 4.60. The minimum absolute atomic E-state index is 0.0798. The second-order valence-corrected chi connectivity index (χ2v) is 8.66. The van der Waals surface area contributed by atoms with E-state index in [1.54, 1.807) is 4.90 Å². The molecule has 0 radical (unpaired) electrons. The van der Waals surface area contributed by atoms with Crippen molar-refractivity contribution in [2.45, 2.75) is 26.2 Å². The molecular weight excluding hydrogens is 400 g/mol. The molecule has 2 amide bonds. The van der Waals surface area contributed by atoms with E-state index >= 15 is 0 Å². The van der Waals surface area contributed by atoms with Gasteiger partial charge in [0.15, 0.2) is 0 Å². The Morgan fingerprint density at radius 1 is 0.938 bits per heavy atom. The molecule has 6 nitrogen and oxygen atoms in total. The Morgan fingerprint density at radius 3 is 2.34 bits per heavy atom. The number of hydrogen-bond donors (Lipinski definition) is 1. The minimum atomic E-state index is -0.560. The molecule has 6 heteroatoms. The van der Waals surface area contributed by atoms with Crippen molar-refractivity contribution in [3.05, 3.63) is 60.2 Å². The molecular formula is C26H34N4O2. The van der Waals surface area contributed by atoms with Gasteiger partial charge in [-0.1, -0.05) is 37.3 Å². The quantitative estimate of drug-likeness (QED) is 0.513. The second-order valence-electron chi connectivity index (χ2n) is 8.66. The predicted molar refractivity (Wildman–Crippen MR) is 129 cm³/mol. The van der Waals surface area contributed by atoms with Gasteiger partial charge in [-0.05, 0) is 55.6 Å². The van der Waals surface area contributed by atoms with Gasteiger partial charge >= 0.3 is 0 Å². The SMILES string of the molecule is CCc1ccc(N2CC[C@H](C(=O)NCCCN3CCN(c4ccccc4)CC3)C2=O)cc1. The molecule has 2 aliphatic heterocycles. The molecule has 2 aromatic carbocycles. The van der Waals surface area contributed by atoms with Crippen LogP contribution >= 0.6 is 0 Å². The van der Waals surface area contributed by atoms with E-state index in [0.29, 0.717) is 19.5 Å². The summed E-state index contributed by atoms with van der Waals surface area (Å²) in [5, 5.41) is 3.00. The highest BCUT2D eigenvalue weighted by Gasteiger charge is 2.37. The normalized spacial score (nSPS) is 19.4. The largest absolute Gasteiger partial charge is 0.369 e. The number of benzene rings is 2. The van der Waals surface area contributed by atoms with E-state index in [-0.39, 0.29) is 11.8 Å². The molecule has 2 aliphatic rings. The first kappa shape index (κ1) is 22.3. The number of carbonyl (C=O) groups is 2. The van der Waals surface area contributed by atoms with E-state index in [2.05, 4.69) is 58.4 Å². The zero-order valence-corrected chi connectivity index (χ0v) is 19.0. The summed E-state index contributed by atoms with van der Waals surface area (Å²) in [7, 11) is 0. The summed E-state index contributed by atoms with van der Waals surface area (Å²) in [5.74, 6) is -0.768. The van der Waals surface area contributed by atoms with Crippen molar-refractivity contribution >= 4 is 23.2 Å². The summed E-state index contributed by atoms with van der Waals surface area (Å²) < 4.78 is 0. The Kier molecular flexibility index (Phi) is 7.43. The summed E-state index contributed by atoms with van der Waals surface area (Å²) in [6, 6.07) is 18.6. The first-order chi connectivity index (χ1) is 15.7. The molecule has 0 saturated carbocycles. The Labute approximate surface area is 191 Å². The van der Waals surface area contributed by atoms with Crippen LogP contribution in [0.1, 0.15) is 25.3 Å². The molecule has 0 aliphatic carbocycles. The second kappa shape index (κ2) is 10.6. The third kappa shape index (κ3) is 5.30. The smallest absolute Gasteiger partial charge is 0.239 e. The van der Waals surface area contributed by atoms with Gasteiger partial charge in [0.1, 0.15) is 5.92 Å². The van der Waals surface area contributed by atoms with Gasteiger partial charge in [0, 0.05) is 50.6 Å². The Hall–Kier alpha value is -2.86. The number of nitrogens with one attached hydrogen (secondary N) is 1. The van der Waals surface area contributed by atoms with Crippen LogP contribution < -0.4 is 15.1 Å². The van der Waals surface area contributed by atoms with E-state index in [0.717, 1.165) is 51.3 Å². The minimum Gasteiger partial charge on any atom is -0.369 e. The van der Waals surface area contributed by atoms with Crippen LogP contribution in [0.5, 0.6) is 0 Å². The fourth-order valence-corrected chi connectivity index (χ4v) is 4.60. The number of rotatable bonds is 8. The van der Waals surface area contributed by atoms with E-state index in [1.165, 1.54) is 11.3 Å². The van der Waals surface area contributed by atoms with Crippen LogP contribution in [0.3, 0.4) is 0 Å². The number of piperazine rings is 1. The van der Waals surface area contributed by atoms with Crippen LogP contribution in [-0.4, -0.2) is 62.5 Å². The predicted octanol–water partition coefficient (Wildman–Crippen LogP) is 2.93. The van der Waals surface area contributed by atoms with Crippen LogP contribution in [0.25, 0.3) is 0 Å². The number of amides is 2. The van der Waals surface area contributed by atoms with E-state index in [4.69, 9.17) is 0 Å². The maximum Gasteiger partial charge on any atom is 0.239 e. The van der Waals surface area contributed by atoms with E-state index in [9.17, 15) is 9.59 Å². The zero-order valence-electron chi connectivity index (χ0n) is 19.0. The number of aryl methyl sites for hydroxylation is 1. The van der Waals surface area contributed by atoms with Gasteiger partial charge < -0.3 is 15.1 Å². The van der Waals surface area contributed by atoms with Gasteiger partial charge in [-0.3, -0.25) is 14.5 Å². The summed E-state index contributed by atoms with van der Waals surface area (Å²) in [4.78, 5) is 32.0. The average molecular weight is 435 g/mol. The van der Waals surface area contributed by atoms with Crippen molar-refractivity contribution in [1.29, 1.82) is 0 Å². The first-order valence-electron chi connectivity index (χ1n) is 11.9. The lowest BCUT2D eigenvalue weighted by Gasteiger charge is -2.36. The number of nitrogens with zero attached hydrogens (tertiary/aromatic N) is 3. The molecule has 0 aromatic heterocycles. The molecule has 2 heterocycles. The highest BCUT2D eigenvalue weighted by atomic mass is 16.2. The van der Waals surface area contributed by atoms with Crippen LogP contribution in [0.15, 0.2) is 54.6 Å². The maximum absolute atomic E-state index is 12.8. The standard InChI is InChI=1S/C26H34N4O2/c1-2-21-9-11-23(12-10-21)30-16-13-24(26(30)32)25(31)27-14-6-15-28-17-19-29(20-18-28)22-7-4-3-5-8-22/h3-5,7-12,24H,2,6,13-20H2,1H3,(H,27,31)/t24-/m1/s1. The van der Waals surface area contributed by atoms with Crippen LogP contribution in [0.2, 0.25) is 0 Å². The summed E-state index contributed by atoms with van der Waals surface area (Å²) in [6.07, 6.45) is 2.46. The highest BCUT2D eigenvalue weighted by Crippen LogP contribution is 2.26. The third-order valence-electron chi connectivity index (χ3n) is 6.62. The summed E-state index contributed by atoms with van der Waals surface area (Å²) >= 11 is 0. The Balaban J connectivity index is 1.16. The third-order valence-corrected chi connectivity index (χ3v) is 6.62. The van der Waals surface area contributed by atoms with Crippen molar-refractivity contribution in [3.63, 3.8) is 0 Å². The topological polar surface area (TPSA) is 55.9 Å². The van der Waals surface area contributed by atoms with Crippen molar-refractivity contribution in [2.24, 2.45) is 5.92 Å². The van der Waals surface area contributed by atoms with Gasteiger partial charge in [0.05, 0.1) is 0 Å². The molecule has 170 valence electrons. The van der Waals surface area contributed by atoms with Crippen molar-refractivity contribution in [1.82, 2.24) is 10.2 Å². The van der Waals surface area contributed by atoms with E-state index < -0.39 is 5.92 Å². The Morgan fingerprint density at radius 2 is 1.66 bits per heavy atom. The molecule has 0 unspecified atom stereocenters. The van der Waals surface area contributed by atoms with Gasteiger partial charge in [-0.2, -0.15) is 0 Å². The van der Waals surface area contributed by atoms with Crippen LogP contribution in [0, 0.1) is 5.92 Å². The molecule has 2 saturated heterocycles. The lowest BCUT2D eigenvalue weighted by atomic mass is 10.1. The molecule has 1 N–H and O–H groups in total. The van der Waals surface area contributed by atoms with Crippen molar-refractivity contribution in [3.8, 4) is 0 Å². The Bertz CT molecular complexity index is 892. The first-order valence-corrected chi connectivity index (χ1v) is 11.9. The lowest BCUT2D eigenvalue weighted by Crippen LogP contribution is -2.47. The molecule has 4 rings (SSSR count). The van der Waals surface area contributed by atoms with Crippen molar-refractivity contribution < 1.29 is 9.59 Å². The molecule has 0 spiro atoms. The number of para-hydroxylation sites is 1. The average Bonchev–Trinajstić information content (AvgIpc) is 3.24. The molecule has 2 fully saturated rings. The lowest BCUT2D eigenvalue weighted by molar-refractivity contribution is -0.132. The highest BCUT2D eigenvalue weighted by molar-refractivity contribution is 6.09. The fraction of sp³-hybridized carbons (Fsp3) is 0.462. The number of anilines is 2. The van der Waals surface area contributed by atoms with Gasteiger partial charge in [-0.15, -0.1) is 0 Å². The summed E-state index contributed by atoms with van der Waals surface area (Å²) in [6.45, 7) is 8.44. The van der Waals surface area contributed by atoms with Crippen molar-refractivity contribution in [2.75, 3.05) is 55.6 Å². The van der Waals surface area contributed by atoms with Crippen LogP contribution in [-0.2, 0) is 16.0 Å². The molecule has 0 bridgehead atoms. The molecule has 2 aromatic rings. The van der Waals surface area contributed by atoms with Gasteiger partial charge in [0.2, 0.25) is 11.8 Å². The summed E-state index contributed by atoms with van der Waals surface area (Å²) in [5.41, 5.74) is 3.42. The number of carbonyl (C=O) groups excluding carboxylic acids is 2. The van der Waals surface area contributed by atoms with E-state index in [1.807, 2.05) is 18.2 Å². The molecule has 1 atom stereocenters. The number of hydrogen-bond acceptors (Lipinski definition) is 4. The van der Waals surface area contributed by atoms with Gasteiger partial charge in [0.25, 0.3) is 0 Å². The van der Waals surface area contributed by atoms with Gasteiger partial charge in [-0.25, -0.2) is 0 Å². The van der Waals surface area contributed by atoms with Crippen LogP contribution in [0.4, 0.5) is 11.4 Å². The zero-order chi connectivity index (χ0) is 22.3. The maximum atomic E-state index is 12.8.